The van der Waals surface area contributed by atoms with E-state index in [2.05, 4.69) is 25.2 Å². The van der Waals surface area contributed by atoms with Crippen LogP contribution < -0.4 is 5.32 Å². The summed E-state index contributed by atoms with van der Waals surface area (Å²) in [5.41, 5.74) is 1.81. The number of hydrogen-bond donors (Lipinski definition) is 1. The van der Waals surface area contributed by atoms with Crippen molar-refractivity contribution >= 4 is 11.6 Å². The SMILES string of the molecule is CC(C)CNCc1ccn(Cc2cc(Cl)ccc2F)c1. The van der Waals surface area contributed by atoms with E-state index in [0.29, 0.717) is 23.0 Å². The van der Waals surface area contributed by atoms with Gasteiger partial charge >= 0.3 is 0 Å². The molecule has 4 heteroatoms. The van der Waals surface area contributed by atoms with E-state index < -0.39 is 0 Å². The Labute approximate surface area is 124 Å². The van der Waals surface area contributed by atoms with Gasteiger partial charge in [0.15, 0.2) is 0 Å². The van der Waals surface area contributed by atoms with Crippen molar-refractivity contribution in [3.05, 3.63) is 58.6 Å². The third-order valence-electron chi connectivity index (χ3n) is 3.05. The van der Waals surface area contributed by atoms with Crippen molar-refractivity contribution in [1.29, 1.82) is 0 Å². The molecule has 2 aromatic rings. The normalized spacial score (nSPS) is 11.2. The maximum absolute atomic E-state index is 13.7. The second-order valence-electron chi connectivity index (χ2n) is 5.45. The zero-order valence-corrected chi connectivity index (χ0v) is 12.6. The summed E-state index contributed by atoms with van der Waals surface area (Å²) in [6, 6.07) is 6.70. The molecule has 0 unspecified atom stereocenters. The molecule has 0 aliphatic rings. The lowest BCUT2D eigenvalue weighted by atomic mass is 10.2. The summed E-state index contributed by atoms with van der Waals surface area (Å²) < 4.78 is 15.6. The standard InChI is InChI=1S/C16H20ClFN2/c1-12(2)8-19-9-13-5-6-20(10-13)11-14-7-15(17)3-4-16(14)18/h3-7,10,12,19H,8-9,11H2,1-2H3. The van der Waals surface area contributed by atoms with E-state index in [1.807, 2.05) is 17.0 Å². The van der Waals surface area contributed by atoms with Gasteiger partial charge in [-0.2, -0.15) is 0 Å². The van der Waals surface area contributed by atoms with E-state index in [9.17, 15) is 4.39 Å². The Morgan fingerprint density at radius 1 is 1.30 bits per heavy atom. The largest absolute Gasteiger partial charge is 0.349 e. The topological polar surface area (TPSA) is 17.0 Å². The molecular formula is C16H20ClFN2. The highest BCUT2D eigenvalue weighted by atomic mass is 35.5. The van der Waals surface area contributed by atoms with E-state index >= 15 is 0 Å². The summed E-state index contributed by atoms with van der Waals surface area (Å²) >= 11 is 5.90. The molecule has 2 rings (SSSR count). The zero-order valence-electron chi connectivity index (χ0n) is 11.9. The number of hydrogen-bond acceptors (Lipinski definition) is 1. The van der Waals surface area contributed by atoms with Crippen LogP contribution in [0, 0.1) is 11.7 Å². The highest BCUT2D eigenvalue weighted by Gasteiger charge is 2.05. The third-order valence-corrected chi connectivity index (χ3v) is 3.29. The minimum Gasteiger partial charge on any atom is -0.349 e. The summed E-state index contributed by atoms with van der Waals surface area (Å²) in [5.74, 6) is 0.417. The molecule has 0 atom stereocenters. The Kier molecular flexibility index (Phi) is 5.21. The van der Waals surface area contributed by atoms with E-state index in [1.54, 1.807) is 12.1 Å². The molecule has 1 aromatic carbocycles. The van der Waals surface area contributed by atoms with Crippen LogP contribution in [0.15, 0.2) is 36.7 Å². The molecular weight excluding hydrogens is 275 g/mol. The molecule has 1 aromatic heterocycles. The highest BCUT2D eigenvalue weighted by Crippen LogP contribution is 2.16. The van der Waals surface area contributed by atoms with Crippen LogP contribution >= 0.6 is 11.6 Å². The lowest BCUT2D eigenvalue weighted by Gasteiger charge is -2.07. The van der Waals surface area contributed by atoms with Crippen LogP contribution in [-0.4, -0.2) is 11.1 Å². The fraction of sp³-hybridized carbons (Fsp3) is 0.375. The lowest BCUT2D eigenvalue weighted by Crippen LogP contribution is -2.18. The van der Waals surface area contributed by atoms with Crippen LogP contribution in [0.5, 0.6) is 0 Å². The van der Waals surface area contributed by atoms with Gasteiger partial charge in [-0.25, -0.2) is 4.39 Å². The molecule has 0 aliphatic carbocycles. The fourth-order valence-electron chi connectivity index (χ4n) is 2.06. The van der Waals surface area contributed by atoms with Crippen molar-refractivity contribution in [2.45, 2.75) is 26.9 Å². The van der Waals surface area contributed by atoms with Gasteiger partial charge in [0.1, 0.15) is 5.82 Å². The minimum atomic E-state index is -0.220. The number of benzene rings is 1. The maximum Gasteiger partial charge on any atom is 0.128 e. The molecule has 20 heavy (non-hydrogen) atoms. The predicted molar refractivity (Wildman–Crippen MR) is 81.5 cm³/mol. The molecule has 0 saturated heterocycles. The quantitative estimate of drug-likeness (QED) is 0.849. The average molecular weight is 295 g/mol. The molecule has 0 radical (unpaired) electrons. The van der Waals surface area contributed by atoms with E-state index in [-0.39, 0.29) is 5.82 Å². The van der Waals surface area contributed by atoms with Crippen LogP contribution in [0.3, 0.4) is 0 Å². The van der Waals surface area contributed by atoms with E-state index in [1.165, 1.54) is 11.6 Å². The average Bonchev–Trinajstić information content (AvgIpc) is 2.81. The van der Waals surface area contributed by atoms with Crippen LogP contribution in [0.4, 0.5) is 4.39 Å². The monoisotopic (exact) mass is 294 g/mol. The van der Waals surface area contributed by atoms with Crippen molar-refractivity contribution in [1.82, 2.24) is 9.88 Å². The second kappa shape index (κ2) is 6.91. The molecule has 0 aliphatic heterocycles. The van der Waals surface area contributed by atoms with Crippen molar-refractivity contribution in [2.75, 3.05) is 6.54 Å². The summed E-state index contributed by atoms with van der Waals surface area (Å²) in [7, 11) is 0. The van der Waals surface area contributed by atoms with Crippen molar-refractivity contribution in [3.63, 3.8) is 0 Å². The molecule has 0 saturated carbocycles. The first kappa shape index (κ1) is 15.1. The maximum atomic E-state index is 13.7. The first-order valence-electron chi connectivity index (χ1n) is 6.84. The van der Waals surface area contributed by atoms with Crippen LogP contribution in [-0.2, 0) is 13.1 Å². The third kappa shape index (κ3) is 4.36. The van der Waals surface area contributed by atoms with Gasteiger partial charge in [-0.05, 0) is 42.3 Å². The Morgan fingerprint density at radius 2 is 2.10 bits per heavy atom. The molecule has 0 amide bonds. The van der Waals surface area contributed by atoms with Gasteiger partial charge in [-0.1, -0.05) is 25.4 Å². The Bertz CT molecular complexity index is 563. The first-order valence-corrected chi connectivity index (χ1v) is 7.21. The number of nitrogens with one attached hydrogen (secondary N) is 1. The van der Waals surface area contributed by atoms with Gasteiger partial charge in [-0.3, -0.25) is 0 Å². The van der Waals surface area contributed by atoms with Crippen LogP contribution in [0.25, 0.3) is 0 Å². The summed E-state index contributed by atoms with van der Waals surface area (Å²) in [5, 5.41) is 3.95. The summed E-state index contributed by atoms with van der Waals surface area (Å²) in [6.07, 6.45) is 4.00. The number of rotatable bonds is 6. The van der Waals surface area contributed by atoms with Gasteiger partial charge in [0.2, 0.25) is 0 Å². The molecule has 1 N–H and O–H groups in total. The van der Waals surface area contributed by atoms with Gasteiger partial charge in [0.25, 0.3) is 0 Å². The molecule has 0 bridgehead atoms. The highest BCUT2D eigenvalue weighted by molar-refractivity contribution is 6.30. The Morgan fingerprint density at radius 3 is 2.85 bits per heavy atom. The fourth-order valence-corrected chi connectivity index (χ4v) is 2.25. The summed E-state index contributed by atoms with van der Waals surface area (Å²) in [6.45, 7) is 6.69. The van der Waals surface area contributed by atoms with Gasteiger partial charge in [-0.15, -0.1) is 0 Å². The van der Waals surface area contributed by atoms with Crippen molar-refractivity contribution < 1.29 is 4.39 Å². The van der Waals surface area contributed by atoms with Crippen LogP contribution in [0.2, 0.25) is 5.02 Å². The van der Waals surface area contributed by atoms with Gasteiger partial charge in [0.05, 0.1) is 0 Å². The van der Waals surface area contributed by atoms with Crippen LogP contribution in [0.1, 0.15) is 25.0 Å². The van der Waals surface area contributed by atoms with Gasteiger partial charge < -0.3 is 9.88 Å². The van der Waals surface area contributed by atoms with Crippen molar-refractivity contribution in [2.24, 2.45) is 5.92 Å². The number of nitrogens with zero attached hydrogens (tertiary/aromatic N) is 1. The first-order chi connectivity index (χ1) is 9.54. The predicted octanol–water partition coefficient (Wildman–Crippen LogP) is 4.07. The van der Waals surface area contributed by atoms with E-state index in [4.69, 9.17) is 11.6 Å². The lowest BCUT2D eigenvalue weighted by molar-refractivity contribution is 0.552. The molecule has 2 nitrogen and oxygen atoms in total. The Hall–Kier alpha value is -1.32. The molecule has 1 heterocycles. The Balaban J connectivity index is 1.97. The minimum absolute atomic E-state index is 0.220. The second-order valence-corrected chi connectivity index (χ2v) is 5.89. The number of halogens is 2. The van der Waals surface area contributed by atoms with Gasteiger partial charge in [0, 0.05) is 36.1 Å². The number of aromatic nitrogens is 1. The smallest absolute Gasteiger partial charge is 0.128 e. The molecule has 0 spiro atoms. The molecule has 108 valence electrons. The van der Waals surface area contributed by atoms with Crippen molar-refractivity contribution in [3.8, 4) is 0 Å². The van der Waals surface area contributed by atoms with E-state index in [0.717, 1.165) is 13.1 Å². The molecule has 0 fully saturated rings. The zero-order chi connectivity index (χ0) is 14.5. The summed E-state index contributed by atoms with van der Waals surface area (Å²) in [4.78, 5) is 0.